The Hall–Kier alpha value is -2.72. The van der Waals surface area contributed by atoms with E-state index in [2.05, 4.69) is 11.8 Å². The standard InChI is InChI=1S/C13H8O4/c1-2-7-17-12-5-3-10(4-6-13(15)16)8-11(12)9-14/h1,3,5,8-9H,7H2,(H,15,16). The average molecular weight is 228 g/mol. The zero-order chi connectivity index (χ0) is 12.7. The summed E-state index contributed by atoms with van der Waals surface area (Å²) < 4.78 is 5.13. The van der Waals surface area contributed by atoms with E-state index in [1.807, 2.05) is 5.92 Å². The first-order chi connectivity index (χ1) is 8.17. The van der Waals surface area contributed by atoms with E-state index in [-0.39, 0.29) is 12.2 Å². The van der Waals surface area contributed by atoms with Crippen LogP contribution in [0, 0.1) is 24.2 Å². The molecule has 1 rings (SSSR count). The summed E-state index contributed by atoms with van der Waals surface area (Å²) in [6.07, 6.45) is 5.62. The first kappa shape index (κ1) is 12.4. The average Bonchev–Trinajstić information content (AvgIpc) is 2.34. The number of carbonyl (C=O) groups excluding carboxylic acids is 1. The van der Waals surface area contributed by atoms with Gasteiger partial charge < -0.3 is 9.84 Å². The minimum atomic E-state index is -1.23. The molecule has 0 aliphatic rings. The van der Waals surface area contributed by atoms with Crippen LogP contribution in [0.25, 0.3) is 0 Å². The fraction of sp³-hybridized carbons (Fsp3) is 0.0769. The van der Waals surface area contributed by atoms with Gasteiger partial charge in [-0.2, -0.15) is 0 Å². The van der Waals surface area contributed by atoms with Gasteiger partial charge in [0.15, 0.2) is 6.29 Å². The van der Waals surface area contributed by atoms with Crippen LogP contribution in [0.3, 0.4) is 0 Å². The molecule has 0 fully saturated rings. The van der Waals surface area contributed by atoms with E-state index in [4.69, 9.17) is 16.3 Å². The summed E-state index contributed by atoms with van der Waals surface area (Å²) >= 11 is 0. The van der Waals surface area contributed by atoms with Crippen LogP contribution in [0.15, 0.2) is 18.2 Å². The van der Waals surface area contributed by atoms with Crippen molar-refractivity contribution in [3.05, 3.63) is 29.3 Å². The quantitative estimate of drug-likeness (QED) is 0.618. The Morgan fingerprint density at radius 1 is 1.53 bits per heavy atom. The van der Waals surface area contributed by atoms with Gasteiger partial charge in [0.2, 0.25) is 0 Å². The van der Waals surface area contributed by atoms with E-state index >= 15 is 0 Å². The second kappa shape index (κ2) is 5.99. The molecule has 4 heteroatoms. The molecule has 1 aromatic rings. The molecule has 0 radical (unpaired) electrons. The van der Waals surface area contributed by atoms with Gasteiger partial charge in [0, 0.05) is 11.5 Å². The molecule has 0 aliphatic carbocycles. The van der Waals surface area contributed by atoms with Crippen molar-refractivity contribution in [1.82, 2.24) is 0 Å². The highest BCUT2D eigenvalue weighted by Crippen LogP contribution is 2.17. The van der Waals surface area contributed by atoms with Gasteiger partial charge in [0.1, 0.15) is 12.4 Å². The molecule has 0 bridgehead atoms. The molecular weight excluding hydrogens is 220 g/mol. The Balaban J connectivity index is 3.02. The van der Waals surface area contributed by atoms with E-state index in [0.29, 0.717) is 17.6 Å². The maximum Gasteiger partial charge on any atom is 0.382 e. The Morgan fingerprint density at radius 2 is 2.29 bits per heavy atom. The van der Waals surface area contributed by atoms with E-state index < -0.39 is 5.97 Å². The van der Waals surface area contributed by atoms with Gasteiger partial charge in [-0.05, 0) is 18.2 Å². The molecule has 0 heterocycles. The SMILES string of the molecule is C#CCOc1ccc(C#CC(=O)O)cc1C=O. The summed E-state index contributed by atoms with van der Waals surface area (Å²) in [5, 5.41) is 8.38. The monoisotopic (exact) mass is 228 g/mol. The molecule has 0 aromatic heterocycles. The molecular formula is C13H8O4. The van der Waals surface area contributed by atoms with Gasteiger partial charge in [-0.3, -0.25) is 4.79 Å². The van der Waals surface area contributed by atoms with Crippen molar-refractivity contribution in [3.63, 3.8) is 0 Å². The topological polar surface area (TPSA) is 63.6 Å². The molecule has 1 N–H and O–H groups in total. The van der Waals surface area contributed by atoms with Crippen molar-refractivity contribution >= 4 is 12.3 Å². The van der Waals surface area contributed by atoms with E-state index in [1.165, 1.54) is 12.1 Å². The minimum Gasteiger partial charge on any atom is -0.480 e. The molecule has 0 saturated carbocycles. The summed E-state index contributed by atoms with van der Waals surface area (Å²) in [4.78, 5) is 21.0. The van der Waals surface area contributed by atoms with Crippen LogP contribution >= 0.6 is 0 Å². The van der Waals surface area contributed by atoms with E-state index in [0.717, 1.165) is 0 Å². The molecule has 0 spiro atoms. The third-order valence-electron chi connectivity index (χ3n) is 1.76. The van der Waals surface area contributed by atoms with Crippen LogP contribution in [0.5, 0.6) is 5.75 Å². The number of aliphatic carboxylic acids is 1. The van der Waals surface area contributed by atoms with Gasteiger partial charge in [0.25, 0.3) is 0 Å². The predicted molar refractivity (Wildman–Crippen MR) is 60.7 cm³/mol. The highest BCUT2D eigenvalue weighted by atomic mass is 16.5. The van der Waals surface area contributed by atoms with Gasteiger partial charge in [0.05, 0.1) is 5.56 Å². The van der Waals surface area contributed by atoms with Crippen molar-refractivity contribution in [2.75, 3.05) is 6.61 Å². The van der Waals surface area contributed by atoms with E-state index in [1.54, 1.807) is 6.07 Å². The third kappa shape index (κ3) is 3.73. The lowest BCUT2D eigenvalue weighted by molar-refractivity contribution is -0.130. The fourth-order valence-corrected chi connectivity index (χ4v) is 1.09. The lowest BCUT2D eigenvalue weighted by Crippen LogP contribution is -1.97. The van der Waals surface area contributed by atoms with E-state index in [9.17, 15) is 9.59 Å². The number of hydrogen-bond acceptors (Lipinski definition) is 3. The molecule has 84 valence electrons. The number of benzene rings is 1. The molecule has 4 nitrogen and oxygen atoms in total. The van der Waals surface area contributed by atoms with Crippen LogP contribution in [0.4, 0.5) is 0 Å². The number of carboxylic acids is 1. The van der Waals surface area contributed by atoms with Crippen LogP contribution in [0.2, 0.25) is 0 Å². The summed E-state index contributed by atoms with van der Waals surface area (Å²) in [6, 6.07) is 4.51. The summed E-state index contributed by atoms with van der Waals surface area (Å²) in [7, 11) is 0. The zero-order valence-electron chi connectivity index (χ0n) is 8.77. The number of rotatable bonds is 3. The zero-order valence-corrected chi connectivity index (χ0v) is 8.77. The van der Waals surface area contributed by atoms with Gasteiger partial charge in [-0.1, -0.05) is 11.8 Å². The lowest BCUT2D eigenvalue weighted by Gasteiger charge is -2.05. The Bertz CT molecular complexity index is 541. The Morgan fingerprint density at radius 3 is 2.88 bits per heavy atom. The van der Waals surface area contributed by atoms with Crippen LogP contribution in [0.1, 0.15) is 15.9 Å². The Kier molecular flexibility index (Phi) is 4.35. The fourth-order valence-electron chi connectivity index (χ4n) is 1.09. The summed E-state index contributed by atoms with van der Waals surface area (Å²) in [6.45, 7) is 0.0565. The molecule has 0 aliphatic heterocycles. The maximum atomic E-state index is 10.8. The second-order valence-corrected chi connectivity index (χ2v) is 2.92. The highest BCUT2D eigenvalue weighted by molar-refractivity contribution is 5.87. The summed E-state index contributed by atoms with van der Waals surface area (Å²) in [5.41, 5.74) is 0.694. The normalized spacial score (nSPS) is 8.41. The van der Waals surface area contributed by atoms with Crippen molar-refractivity contribution in [3.8, 4) is 29.9 Å². The van der Waals surface area contributed by atoms with Crippen molar-refractivity contribution in [1.29, 1.82) is 0 Å². The number of carboxylic acid groups (broad SMARTS) is 1. The summed E-state index contributed by atoms with van der Waals surface area (Å²) in [5.74, 6) is 5.74. The second-order valence-electron chi connectivity index (χ2n) is 2.92. The Labute approximate surface area is 98.2 Å². The van der Waals surface area contributed by atoms with Gasteiger partial charge in [-0.25, -0.2) is 4.79 Å². The largest absolute Gasteiger partial charge is 0.480 e. The van der Waals surface area contributed by atoms with Crippen LogP contribution in [-0.2, 0) is 4.79 Å². The highest BCUT2D eigenvalue weighted by Gasteiger charge is 2.03. The molecule has 0 unspecified atom stereocenters. The third-order valence-corrected chi connectivity index (χ3v) is 1.76. The number of carbonyl (C=O) groups is 2. The first-order valence-electron chi connectivity index (χ1n) is 4.58. The number of ether oxygens (including phenoxy) is 1. The van der Waals surface area contributed by atoms with Crippen molar-refractivity contribution in [2.45, 2.75) is 0 Å². The first-order valence-corrected chi connectivity index (χ1v) is 4.58. The van der Waals surface area contributed by atoms with Crippen LogP contribution in [-0.4, -0.2) is 24.0 Å². The lowest BCUT2D eigenvalue weighted by atomic mass is 10.1. The maximum absolute atomic E-state index is 10.8. The van der Waals surface area contributed by atoms with Crippen molar-refractivity contribution < 1.29 is 19.4 Å². The van der Waals surface area contributed by atoms with Gasteiger partial charge in [-0.15, -0.1) is 6.42 Å². The van der Waals surface area contributed by atoms with Crippen LogP contribution < -0.4 is 4.74 Å². The number of aldehydes is 1. The number of terminal acetylenes is 1. The molecule has 17 heavy (non-hydrogen) atoms. The van der Waals surface area contributed by atoms with Crippen molar-refractivity contribution in [2.24, 2.45) is 0 Å². The molecule has 0 atom stereocenters. The number of hydrogen-bond donors (Lipinski definition) is 1. The van der Waals surface area contributed by atoms with Gasteiger partial charge >= 0.3 is 5.97 Å². The molecule has 0 saturated heterocycles. The minimum absolute atomic E-state index is 0.0565. The molecule has 1 aromatic carbocycles. The molecule has 0 amide bonds. The smallest absolute Gasteiger partial charge is 0.382 e. The predicted octanol–water partition coefficient (Wildman–Crippen LogP) is 0.947.